The number of carbonyl (C=O) groups excluding carboxylic acids is 1. The number of hydrogen-bond donors (Lipinski definition) is 0. The van der Waals surface area contributed by atoms with E-state index in [-0.39, 0.29) is 12.0 Å². The van der Waals surface area contributed by atoms with Crippen LogP contribution in [0.1, 0.15) is 50.5 Å². The van der Waals surface area contributed by atoms with Gasteiger partial charge in [0, 0.05) is 18.7 Å². The quantitative estimate of drug-likeness (QED) is 0.838. The first-order valence-corrected chi connectivity index (χ1v) is 8.55. The third-order valence-electron chi connectivity index (χ3n) is 4.84. The average molecular weight is 313 g/mol. The van der Waals surface area contributed by atoms with Crippen LogP contribution < -0.4 is 4.74 Å². The monoisotopic (exact) mass is 313 g/mol. The molecule has 1 saturated heterocycles. The van der Waals surface area contributed by atoms with Crippen molar-refractivity contribution in [2.24, 2.45) is 5.92 Å². The minimum absolute atomic E-state index is 0.0223. The third-order valence-corrected chi connectivity index (χ3v) is 4.84. The maximum atomic E-state index is 12.2. The van der Waals surface area contributed by atoms with E-state index in [1.807, 2.05) is 11.0 Å². The number of nitriles is 1. The zero-order valence-electron chi connectivity index (χ0n) is 13.4. The normalized spacial score (nSPS) is 19.0. The fourth-order valence-electron chi connectivity index (χ4n) is 3.36. The number of nitrogens with zero attached hydrogens (tertiary/aromatic N) is 3. The van der Waals surface area contributed by atoms with Gasteiger partial charge in [-0.2, -0.15) is 5.26 Å². The molecule has 0 spiro atoms. The number of hydrogen-bond acceptors (Lipinski definition) is 4. The van der Waals surface area contributed by atoms with E-state index < -0.39 is 0 Å². The molecule has 2 heterocycles. The van der Waals surface area contributed by atoms with Crippen molar-refractivity contribution in [3.8, 4) is 11.9 Å². The van der Waals surface area contributed by atoms with Crippen molar-refractivity contribution < 1.29 is 9.53 Å². The maximum absolute atomic E-state index is 12.2. The van der Waals surface area contributed by atoms with E-state index in [4.69, 9.17) is 10.00 Å². The Morgan fingerprint density at radius 3 is 2.74 bits per heavy atom. The summed E-state index contributed by atoms with van der Waals surface area (Å²) in [6.45, 7) is 1.29. The van der Waals surface area contributed by atoms with Crippen LogP contribution in [0.15, 0.2) is 18.3 Å². The minimum Gasteiger partial charge on any atom is -0.471 e. The summed E-state index contributed by atoms with van der Waals surface area (Å²) in [5, 5.41) is 8.73. The number of ether oxygens (including phenoxy) is 1. The molecule has 0 unspecified atom stereocenters. The molecule has 0 N–H and O–H groups in total. The highest BCUT2D eigenvalue weighted by molar-refractivity contribution is 5.77. The van der Waals surface area contributed by atoms with Crippen LogP contribution in [0.25, 0.3) is 0 Å². The second kappa shape index (κ2) is 7.45. The van der Waals surface area contributed by atoms with Gasteiger partial charge in [-0.05, 0) is 18.4 Å². The molecule has 1 aromatic heterocycles. The smallest absolute Gasteiger partial charge is 0.222 e. The van der Waals surface area contributed by atoms with Gasteiger partial charge in [-0.15, -0.1) is 0 Å². The Morgan fingerprint density at radius 2 is 2.09 bits per heavy atom. The average Bonchev–Trinajstić information content (AvgIpc) is 2.57. The highest BCUT2D eigenvalue weighted by atomic mass is 16.5. The SMILES string of the molecule is N#Cc1ccc(OC2CN(C(=O)CCC3CCCCC3)C2)nc1. The second-order valence-corrected chi connectivity index (χ2v) is 6.58. The molecule has 1 saturated carbocycles. The van der Waals surface area contributed by atoms with Crippen molar-refractivity contribution >= 4 is 5.91 Å². The summed E-state index contributed by atoms with van der Waals surface area (Å²) in [6.07, 6.45) is 9.85. The van der Waals surface area contributed by atoms with E-state index in [1.54, 1.807) is 12.1 Å². The molecule has 1 amide bonds. The molecule has 1 aliphatic heterocycles. The molecule has 0 radical (unpaired) electrons. The third kappa shape index (κ3) is 4.22. The number of carbonyl (C=O) groups is 1. The first-order chi connectivity index (χ1) is 11.2. The maximum Gasteiger partial charge on any atom is 0.222 e. The Bertz CT molecular complexity index is 567. The summed E-state index contributed by atoms with van der Waals surface area (Å²) in [5.41, 5.74) is 0.519. The lowest BCUT2D eigenvalue weighted by Crippen LogP contribution is -2.56. The zero-order valence-corrected chi connectivity index (χ0v) is 13.4. The molecular weight excluding hydrogens is 290 g/mol. The molecule has 5 heteroatoms. The van der Waals surface area contributed by atoms with Crippen LogP contribution in [-0.4, -0.2) is 35.0 Å². The van der Waals surface area contributed by atoms with Crippen molar-refractivity contribution in [1.29, 1.82) is 5.26 Å². The number of aromatic nitrogens is 1. The number of pyridine rings is 1. The van der Waals surface area contributed by atoms with Crippen molar-refractivity contribution in [3.05, 3.63) is 23.9 Å². The van der Waals surface area contributed by atoms with Crippen LogP contribution in [0.2, 0.25) is 0 Å². The summed E-state index contributed by atoms with van der Waals surface area (Å²) in [4.78, 5) is 18.1. The number of amides is 1. The molecule has 3 rings (SSSR count). The Labute approximate surface area is 137 Å². The molecule has 0 atom stereocenters. The lowest BCUT2D eigenvalue weighted by molar-refractivity contribution is -0.140. The Balaban J connectivity index is 1.36. The van der Waals surface area contributed by atoms with Gasteiger partial charge in [0.05, 0.1) is 18.7 Å². The predicted molar refractivity (Wildman–Crippen MR) is 85.8 cm³/mol. The van der Waals surface area contributed by atoms with E-state index in [2.05, 4.69) is 4.98 Å². The van der Waals surface area contributed by atoms with E-state index in [0.29, 0.717) is 31.0 Å². The molecule has 23 heavy (non-hydrogen) atoms. The largest absolute Gasteiger partial charge is 0.471 e. The molecule has 1 aromatic rings. The molecule has 2 aliphatic rings. The Kier molecular flexibility index (Phi) is 5.12. The van der Waals surface area contributed by atoms with Crippen LogP contribution in [0.3, 0.4) is 0 Å². The van der Waals surface area contributed by atoms with E-state index >= 15 is 0 Å². The predicted octanol–water partition coefficient (Wildman–Crippen LogP) is 2.90. The van der Waals surface area contributed by atoms with Gasteiger partial charge in [0.25, 0.3) is 0 Å². The number of rotatable bonds is 5. The fraction of sp³-hybridized carbons (Fsp3) is 0.611. The van der Waals surface area contributed by atoms with Crippen molar-refractivity contribution in [3.63, 3.8) is 0 Å². The summed E-state index contributed by atoms with van der Waals surface area (Å²) in [7, 11) is 0. The lowest BCUT2D eigenvalue weighted by atomic mass is 9.86. The van der Waals surface area contributed by atoms with Crippen LogP contribution in [0.4, 0.5) is 0 Å². The lowest BCUT2D eigenvalue weighted by Gasteiger charge is -2.39. The standard InChI is InChI=1S/C18H23N3O2/c19-10-15-6-8-17(20-11-15)23-16-12-21(13-16)18(22)9-7-14-4-2-1-3-5-14/h6,8,11,14,16H,1-5,7,9,12-13H2. The summed E-state index contributed by atoms with van der Waals surface area (Å²) in [5.74, 6) is 1.52. The Morgan fingerprint density at radius 1 is 1.30 bits per heavy atom. The van der Waals surface area contributed by atoms with Gasteiger partial charge < -0.3 is 9.64 Å². The number of likely N-dealkylation sites (tertiary alicyclic amines) is 1. The van der Waals surface area contributed by atoms with E-state index in [1.165, 1.54) is 38.3 Å². The molecule has 5 nitrogen and oxygen atoms in total. The van der Waals surface area contributed by atoms with Crippen LogP contribution in [0.5, 0.6) is 5.88 Å². The molecule has 0 aromatic carbocycles. The minimum atomic E-state index is 0.0223. The highest BCUT2D eigenvalue weighted by Gasteiger charge is 2.32. The van der Waals surface area contributed by atoms with Crippen molar-refractivity contribution in [1.82, 2.24) is 9.88 Å². The topological polar surface area (TPSA) is 66.2 Å². The van der Waals surface area contributed by atoms with Gasteiger partial charge >= 0.3 is 0 Å². The van der Waals surface area contributed by atoms with Gasteiger partial charge in [-0.3, -0.25) is 4.79 Å². The Hall–Kier alpha value is -2.09. The van der Waals surface area contributed by atoms with Gasteiger partial charge in [0.2, 0.25) is 11.8 Å². The molecule has 1 aliphatic carbocycles. The summed E-state index contributed by atoms with van der Waals surface area (Å²) in [6, 6.07) is 5.42. The fourth-order valence-corrected chi connectivity index (χ4v) is 3.36. The molecular formula is C18H23N3O2. The highest BCUT2D eigenvalue weighted by Crippen LogP contribution is 2.28. The van der Waals surface area contributed by atoms with Gasteiger partial charge in [-0.1, -0.05) is 32.1 Å². The van der Waals surface area contributed by atoms with Crippen LogP contribution >= 0.6 is 0 Å². The van der Waals surface area contributed by atoms with Gasteiger partial charge in [-0.25, -0.2) is 4.98 Å². The van der Waals surface area contributed by atoms with Gasteiger partial charge in [0.15, 0.2) is 0 Å². The molecule has 2 fully saturated rings. The van der Waals surface area contributed by atoms with Crippen LogP contribution in [0, 0.1) is 17.2 Å². The van der Waals surface area contributed by atoms with Crippen LogP contribution in [-0.2, 0) is 4.79 Å². The first kappa shape index (κ1) is 15.8. The second-order valence-electron chi connectivity index (χ2n) is 6.58. The summed E-state index contributed by atoms with van der Waals surface area (Å²) >= 11 is 0. The van der Waals surface area contributed by atoms with Gasteiger partial charge in [0.1, 0.15) is 12.2 Å². The zero-order chi connectivity index (χ0) is 16.1. The summed E-state index contributed by atoms with van der Waals surface area (Å²) < 4.78 is 5.71. The van der Waals surface area contributed by atoms with E-state index in [0.717, 1.165) is 12.3 Å². The van der Waals surface area contributed by atoms with Crippen molar-refractivity contribution in [2.75, 3.05) is 13.1 Å². The van der Waals surface area contributed by atoms with Crippen molar-refractivity contribution in [2.45, 2.75) is 51.0 Å². The first-order valence-electron chi connectivity index (χ1n) is 8.55. The molecule has 122 valence electrons. The molecule has 0 bridgehead atoms. The van der Waals surface area contributed by atoms with E-state index in [9.17, 15) is 4.79 Å².